The van der Waals surface area contributed by atoms with Crippen molar-refractivity contribution in [2.45, 2.75) is 78.1 Å². The van der Waals surface area contributed by atoms with Crippen LogP contribution in [0.5, 0.6) is 0 Å². The summed E-state index contributed by atoms with van der Waals surface area (Å²) in [5.74, 6) is -0.998. The molecule has 0 rings (SSSR count). The Morgan fingerprint density at radius 3 is 1.50 bits per heavy atom. The molecule has 118 valence electrons. The van der Waals surface area contributed by atoms with Gasteiger partial charge in [0.1, 0.15) is 0 Å². The molecule has 20 heavy (non-hydrogen) atoms. The van der Waals surface area contributed by atoms with E-state index in [2.05, 4.69) is 24.5 Å². The van der Waals surface area contributed by atoms with Gasteiger partial charge in [0.15, 0.2) is 0 Å². The highest BCUT2D eigenvalue weighted by atomic mass is 16.2. The first-order valence-electron chi connectivity index (χ1n) is 8.28. The van der Waals surface area contributed by atoms with E-state index in [1.165, 1.54) is 38.5 Å². The summed E-state index contributed by atoms with van der Waals surface area (Å²) in [7, 11) is 0. The third-order valence-corrected chi connectivity index (χ3v) is 3.34. The van der Waals surface area contributed by atoms with Crippen LogP contribution in [0.3, 0.4) is 0 Å². The van der Waals surface area contributed by atoms with Crippen molar-refractivity contribution in [2.75, 3.05) is 13.1 Å². The number of rotatable bonds is 12. The second-order valence-electron chi connectivity index (χ2n) is 5.34. The van der Waals surface area contributed by atoms with Gasteiger partial charge in [-0.2, -0.15) is 0 Å². The van der Waals surface area contributed by atoms with Gasteiger partial charge in [-0.3, -0.25) is 9.59 Å². The van der Waals surface area contributed by atoms with Gasteiger partial charge in [0.25, 0.3) is 0 Å². The number of hydrogen-bond acceptors (Lipinski definition) is 2. The zero-order chi connectivity index (χ0) is 15.1. The zero-order valence-electron chi connectivity index (χ0n) is 13.3. The van der Waals surface area contributed by atoms with Crippen LogP contribution in [-0.2, 0) is 9.59 Å². The molecule has 0 aromatic rings. The van der Waals surface area contributed by atoms with E-state index >= 15 is 0 Å². The molecule has 2 N–H and O–H groups in total. The molecule has 0 bridgehead atoms. The Labute approximate surface area is 124 Å². The van der Waals surface area contributed by atoms with Crippen molar-refractivity contribution < 1.29 is 9.59 Å². The quantitative estimate of drug-likeness (QED) is 0.427. The van der Waals surface area contributed by atoms with Crippen molar-refractivity contribution in [1.29, 1.82) is 0 Å². The SMILES string of the molecule is CCCCCCCCCCNC(=O)C(=O)NCCCC. The monoisotopic (exact) mass is 284 g/mol. The number of carbonyl (C=O) groups is 2. The molecule has 2 amide bonds. The first-order chi connectivity index (χ1) is 9.72. The average molecular weight is 284 g/mol. The summed E-state index contributed by atoms with van der Waals surface area (Å²) in [6.07, 6.45) is 11.8. The average Bonchev–Trinajstić information content (AvgIpc) is 2.45. The summed E-state index contributed by atoms with van der Waals surface area (Å²) >= 11 is 0. The van der Waals surface area contributed by atoms with Crippen LogP contribution in [0.1, 0.15) is 78.1 Å². The van der Waals surface area contributed by atoms with Crippen LogP contribution >= 0.6 is 0 Å². The molecule has 0 aromatic carbocycles. The van der Waals surface area contributed by atoms with Gasteiger partial charge < -0.3 is 10.6 Å². The topological polar surface area (TPSA) is 58.2 Å². The van der Waals surface area contributed by atoms with Crippen LogP contribution in [0.4, 0.5) is 0 Å². The highest BCUT2D eigenvalue weighted by Crippen LogP contribution is 2.07. The van der Waals surface area contributed by atoms with Gasteiger partial charge in [0.05, 0.1) is 0 Å². The van der Waals surface area contributed by atoms with Crippen molar-refractivity contribution in [3.63, 3.8) is 0 Å². The van der Waals surface area contributed by atoms with Crippen molar-refractivity contribution >= 4 is 11.8 Å². The lowest BCUT2D eigenvalue weighted by Gasteiger charge is -2.06. The molecular weight excluding hydrogens is 252 g/mol. The Kier molecular flexibility index (Phi) is 13.6. The molecule has 0 aliphatic carbocycles. The van der Waals surface area contributed by atoms with Crippen molar-refractivity contribution in [1.82, 2.24) is 10.6 Å². The Balaban J connectivity index is 3.32. The molecule has 0 aliphatic rings. The van der Waals surface area contributed by atoms with Gasteiger partial charge >= 0.3 is 11.8 Å². The van der Waals surface area contributed by atoms with E-state index < -0.39 is 11.8 Å². The Hall–Kier alpha value is -1.06. The lowest BCUT2D eigenvalue weighted by Crippen LogP contribution is -2.40. The number of carbonyl (C=O) groups excluding carboxylic acids is 2. The number of amides is 2. The maximum absolute atomic E-state index is 11.4. The molecule has 4 nitrogen and oxygen atoms in total. The maximum atomic E-state index is 11.4. The van der Waals surface area contributed by atoms with Crippen LogP contribution in [0.25, 0.3) is 0 Å². The minimum Gasteiger partial charge on any atom is -0.348 e. The number of nitrogens with one attached hydrogen (secondary N) is 2. The normalized spacial score (nSPS) is 10.3. The third kappa shape index (κ3) is 12.0. The molecular formula is C16H32N2O2. The van der Waals surface area contributed by atoms with E-state index in [1.54, 1.807) is 0 Å². The smallest absolute Gasteiger partial charge is 0.309 e. The fourth-order valence-corrected chi connectivity index (χ4v) is 2.00. The van der Waals surface area contributed by atoms with E-state index in [9.17, 15) is 9.59 Å². The summed E-state index contributed by atoms with van der Waals surface area (Å²) in [4.78, 5) is 22.8. The second kappa shape index (κ2) is 14.4. The molecule has 0 saturated carbocycles. The molecule has 0 fully saturated rings. The Bertz CT molecular complexity index is 255. The number of hydrogen-bond donors (Lipinski definition) is 2. The highest BCUT2D eigenvalue weighted by molar-refractivity contribution is 6.35. The largest absolute Gasteiger partial charge is 0.348 e. The van der Waals surface area contributed by atoms with Crippen LogP contribution in [-0.4, -0.2) is 24.9 Å². The lowest BCUT2D eigenvalue weighted by molar-refractivity contribution is -0.139. The first kappa shape index (κ1) is 18.9. The molecule has 0 atom stereocenters. The summed E-state index contributed by atoms with van der Waals surface area (Å²) in [5.41, 5.74) is 0. The van der Waals surface area contributed by atoms with Gasteiger partial charge in [-0.15, -0.1) is 0 Å². The third-order valence-electron chi connectivity index (χ3n) is 3.34. The molecule has 0 heterocycles. The van der Waals surface area contributed by atoms with Gasteiger partial charge in [-0.1, -0.05) is 65.2 Å². The molecule has 4 heteroatoms. The molecule has 0 unspecified atom stereocenters. The van der Waals surface area contributed by atoms with E-state index in [-0.39, 0.29) is 0 Å². The minimum atomic E-state index is -0.502. The fraction of sp³-hybridized carbons (Fsp3) is 0.875. The van der Waals surface area contributed by atoms with Crippen LogP contribution < -0.4 is 10.6 Å². The zero-order valence-corrected chi connectivity index (χ0v) is 13.3. The lowest BCUT2D eigenvalue weighted by atomic mass is 10.1. The van der Waals surface area contributed by atoms with Gasteiger partial charge in [-0.05, 0) is 12.8 Å². The van der Waals surface area contributed by atoms with Crippen LogP contribution in [0, 0.1) is 0 Å². The van der Waals surface area contributed by atoms with Crippen LogP contribution in [0.2, 0.25) is 0 Å². The van der Waals surface area contributed by atoms with E-state index in [1.807, 2.05) is 0 Å². The van der Waals surface area contributed by atoms with Gasteiger partial charge in [0, 0.05) is 13.1 Å². The van der Waals surface area contributed by atoms with Gasteiger partial charge in [-0.25, -0.2) is 0 Å². The number of unbranched alkanes of at least 4 members (excludes halogenated alkanes) is 8. The Morgan fingerprint density at radius 1 is 0.600 bits per heavy atom. The summed E-state index contributed by atoms with van der Waals surface area (Å²) in [5, 5.41) is 5.28. The van der Waals surface area contributed by atoms with Crippen molar-refractivity contribution in [3.8, 4) is 0 Å². The minimum absolute atomic E-state index is 0.496. The second-order valence-corrected chi connectivity index (χ2v) is 5.34. The summed E-state index contributed by atoms with van der Waals surface area (Å²) in [6, 6.07) is 0. The van der Waals surface area contributed by atoms with E-state index in [0.29, 0.717) is 13.1 Å². The highest BCUT2D eigenvalue weighted by Gasteiger charge is 2.10. The van der Waals surface area contributed by atoms with E-state index in [4.69, 9.17) is 0 Å². The predicted molar refractivity (Wildman–Crippen MR) is 83.5 cm³/mol. The first-order valence-corrected chi connectivity index (χ1v) is 8.28. The van der Waals surface area contributed by atoms with Gasteiger partial charge in [0.2, 0.25) is 0 Å². The molecule has 0 aromatic heterocycles. The molecule has 0 aliphatic heterocycles. The molecule has 0 radical (unpaired) electrons. The summed E-state index contributed by atoms with van der Waals surface area (Å²) in [6.45, 7) is 5.46. The Morgan fingerprint density at radius 2 is 1.00 bits per heavy atom. The van der Waals surface area contributed by atoms with E-state index in [0.717, 1.165) is 25.7 Å². The van der Waals surface area contributed by atoms with Crippen molar-refractivity contribution in [2.24, 2.45) is 0 Å². The maximum Gasteiger partial charge on any atom is 0.309 e. The fourth-order valence-electron chi connectivity index (χ4n) is 2.00. The summed E-state index contributed by atoms with van der Waals surface area (Å²) < 4.78 is 0. The van der Waals surface area contributed by atoms with Crippen molar-refractivity contribution in [3.05, 3.63) is 0 Å². The molecule has 0 spiro atoms. The van der Waals surface area contributed by atoms with Crippen LogP contribution in [0.15, 0.2) is 0 Å². The standard InChI is InChI=1S/C16H32N2O2/c1-3-5-7-8-9-10-11-12-14-18-16(20)15(19)17-13-6-4-2/h3-14H2,1-2H3,(H,17,19)(H,18,20). The molecule has 0 saturated heterocycles. The predicted octanol–water partition coefficient (Wildman–Crippen LogP) is 3.16.